The van der Waals surface area contributed by atoms with Crippen molar-refractivity contribution in [1.29, 1.82) is 0 Å². The highest BCUT2D eigenvalue weighted by Gasteiger charge is 2.15. The van der Waals surface area contributed by atoms with Crippen molar-refractivity contribution in [3.05, 3.63) is 30.1 Å². The molecule has 3 aromatic rings. The summed E-state index contributed by atoms with van der Waals surface area (Å²) in [6.45, 7) is 0. The number of rotatable bonds is 7. The third kappa shape index (κ3) is 3.55. The number of H-pyrrole nitrogens is 1. The Balaban J connectivity index is 1.77. The van der Waals surface area contributed by atoms with E-state index in [0.717, 1.165) is 0 Å². The van der Waals surface area contributed by atoms with Crippen LogP contribution in [-0.4, -0.2) is 51.2 Å². The van der Waals surface area contributed by atoms with E-state index in [1.54, 1.807) is 38.6 Å². The summed E-state index contributed by atoms with van der Waals surface area (Å²) in [7, 11) is 3.33. The fraction of sp³-hybridized carbons (Fsp3) is 0.312. The smallest absolute Gasteiger partial charge is 0.215 e. The fourth-order valence-electron chi connectivity index (χ4n) is 2.39. The molecule has 0 unspecified atom stereocenters. The molecule has 0 saturated heterocycles. The van der Waals surface area contributed by atoms with Gasteiger partial charge in [0.2, 0.25) is 5.88 Å². The molecule has 3 rings (SSSR count). The summed E-state index contributed by atoms with van der Waals surface area (Å²) in [6, 6.07) is 5.23. The molecule has 0 fully saturated rings. The van der Waals surface area contributed by atoms with Crippen LogP contribution in [0.5, 0.6) is 17.4 Å². The molecule has 132 valence electrons. The van der Waals surface area contributed by atoms with Crippen LogP contribution in [0.15, 0.2) is 29.6 Å². The highest BCUT2D eigenvalue weighted by molar-refractivity contribution is 7.84. The molecule has 0 aliphatic rings. The van der Waals surface area contributed by atoms with E-state index >= 15 is 0 Å². The summed E-state index contributed by atoms with van der Waals surface area (Å²) in [6.07, 6.45) is 2.10. The summed E-state index contributed by atoms with van der Waals surface area (Å²) in [4.78, 5) is 15.8. The maximum Gasteiger partial charge on any atom is 0.215 e. The molecular formula is C16H18N4O4S. The lowest BCUT2D eigenvalue weighted by Crippen LogP contribution is -2.06. The van der Waals surface area contributed by atoms with Crippen molar-refractivity contribution in [2.45, 2.75) is 11.6 Å². The minimum Gasteiger partial charge on any atom is -0.493 e. The number of hydrogen-bond donors (Lipinski definition) is 1. The van der Waals surface area contributed by atoms with Crippen molar-refractivity contribution in [2.24, 2.45) is 0 Å². The number of aromatic amines is 1. The molecule has 3 aromatic heterocycles. The molecule has 0 amide bonds. The second kappa shape index (κ2) is 7.47. The van der Waals surface area contributed by atoms with Gasteiger partial charge in [-0.05, 0) is 6.07 Å². The monoisotopic (exact) mass is 362 g/mol. The molecule has 9 heteroatoms. The van der Waals surface area contributed by atoms with Crippen molar-refractivity contribution in [3.8, 4) is 17.4 Å². The molecule has 3 heterocycles. The summed E-state index contributed by atoms with van der Waals surface area (Å²) >= 11 is 0. The van der Waals surface area contributed by atoms with Crippen molar-refractivity contribution < 1.29 is 18.4 Å². The first-order chi connectivity index (χ1) is 12.2. The Kier molecular flexibility index (Phi) is 5.13. The molecule has 0 spiro atoms. The SMILES string of the molecule is COc1ccc2[nH]c([S@@](=O)CCc3nccc(OC)c3OC)nc2n1. The summed E-state index contributed by atoms with van der Waals surface area (Å²) in [5.41, 5.74) is 1.87. The van der Waals surface area contributed by atoms with Gasteiger partial charge >= 0.3 is 0 Å². The summed E-state index contributed by atoms with van der Waals surface area (Å²) < 4.78 is 28.2. The zero-order valence-electron chi connectivity index (χ0n) is 14.1. The minimum absolute atomic E-state index is 0.341. The Morgan fingerprint density at radius 2 is 1.92 bits per heavy atom. The Morgan fingerprint density at radius 3 is 2.64 bits per heavy atom. The van der Waals surface area contributed by atoms with Crippen molar-refractivity contribution >= 4 is 22.0 Å². The normalized spacial score (nSPS) is 12.1. The quantitative estimate of drug-likeness (QED) is 0.683. The first kappa shape index (κ1) is 17.2. The van der Waals surface area contributed by atoms with Gasteiger partial charge in [0.05, 0.1) is 43.3 Å². The fourth-order valence-corrected chi connectivity index (χ4v) is 3.37. The Morgan fingerprint density at radius 1 is 1.08 bits per heavy atom. The van der Waals surface area contributed by atoms with Gasteiger partial charge in [-0.3, -0.25) is 9.19 Å². The number of nitrogens with zero attached hydrogens (tertiary/aromatic N) is 3. The Hall–Kier alpha value is -2.68. The van der Waals surface area contributed by atoms with E-state index in [0.29, 0.717) is 51.6 Å². The highest BCUT2D eigenvalue weighted by Crippen LogP contribution is 2.29. The van der Waals surface area contributed by atoms with Crippen molar-refractivity contribution in [3.63, 3.8) is 0 Å². The number of hydrogen-bond acceptors (Lipinski definition) is 7. The Bertz CT molecular complexity index is 912. The minimum atomic E-state index is -1.33. The molecule has 1 atom stereocenters. The second-order valence-electron chi connectivity index (χ2n) is 5.06. The largest absolute Gasteiger partial charge is 0.493 e. The van der Waals surface area contributed by atoms with Gasteiger partial charge in [-0.1, -0.05) is 0 Å². The van der Waals surface area contributed by atoms with Gasteiger partial charge in [0.15, 0.2) is 22.3 Å². The number of fused-ring (bicyclic) bond motifs is 1. The van der Waals surface area contributed by atoms with Gasteiger partial charge in [0.25, 0.3) is 0 Å². The lowest BCUT2D eigenvalue weighted by molar-refractivity contribution is 0.349. The van der Waals surface area contributed by atoms with Gasteiger partial charge in [-0.2, -0.15) is 4.98 Å². The van der Waals surface area contributed by atoms with E-state index in [4.69, 9.17) is 14.2 Å². The number of ether oxygens (including phenoxy) is 3. The number of pyridine rings is 2. The molecule has 8 nitrogen and oxygen atoms in total. The molecule has 0 radical (unpaired) electrons. The zero-order valence-corrected chi connectivity index (χ0v) is 14.9. The Labute approximate surface area is 147 Å². The highest BCUT2D eigenvalue weighted by atomic mass is 32.2. The van der Waals surface area contributed by atoms with Crippen LogP contribution in [-0.2, 0) is 17.2 Å². The van der Waals surface area contributed by atoms with E-state index in [1.807, 2.05) is 0 Å². The van der Waals surface area contributed by atoms with E-state index in [-0.39, 0.29) is 0 Å². The summed E-state index contributed by atoms with van der Waals surface area (Å²) in [5, 5.41) is 0.373. The molecule has 0 saturated carbocycles. The molecule has 25 heavy (non-hydrogen) atoms. The van der Waals surface area contributed by atoms with Crippen LogP contribution in [0.2, 0.25) is 0 Å². The average molecular weight is 362 g/mol. The lowest BCUT2D eigenvalue weighted by Gasteiger charge is -2.10. The number of aryl methyl sites for hydroxylation is 1. The molecule has 1 N–H and O–H groups in total. The van der Waals surface area contributed by atoms with Gasteiger partial charge in [0, 0.05) is 30.5 Å². The van der Waals surface area contributed by atoms with E-state index < -0.39 is 10.8 Å². The van der Waals surface area contributed by atoms with E-state index in [1.165, 1.54) is 7.11 Å². The van der Waals surface area contributed by atoms with Crippen LogP contribution in [0.4, 0.5) is 0 Å². The van der Waals surface area contributed by atoms with E-state index in [9.17, 15) is 4.21 Å². The molecular weight excluding hydrogens is 344 g/mol. The van der Waals surface area contributed by atoms with Gasteiger partial charge in [0.1, 0.15) is 0 Å². The number of imidazole rings is 1. The molecule has 0 aliphatic carbocycles. The molecule has 0 aliphatic heterocycles. The lowest BCUT2D eigenvalue weighted by atomic mass is 10.2. The van der Waals surface area contributed by atoms with Crippen molar-refractivity contribution in [2.75, 3.05) is 27.1 Å². The summed E-state index contributed by atoms with van der Waals surface area (Å²) in [5.74, 6) is 1.95. The second-order valence-corrected chi connectivity index (χ2v) is 6.55. The number of nitrogens with one attached hydrogen (secondary N) is 1. The van der Waals surface area contributed by atoms with Crippen molar-refractivity contribution in [1.82, 2.24) is 19.9 Å². The van der Waals surface area contributed by atoms with Crippen LogP contribution in [0.3, 0.4) is 0 Å². The standard InChI is InChI=1S/C16H18N4O4S/c1-22-12-6-8-17-10(14(12)24-3)7-9-25(21)16-18-11-4-5-13(23-2)19-15(11)20-16/h4-6,8H,7,9H2,1-3H3,(H,18,19,20)/t25-/m0/s1. The average Bonchev–Trinajstić information content (AvgIpc) is 3.08. The molecule has 0 bridgehead atoms. The number of aromatic nitrogens is 4. The van der Waals surface area contributed by atoms with Crippen LogP contribution >= 0.6 is 0 Å². The topological polar surface area (TPSA) is 99.2 Å². The maximum atomic E-state index is 12.6. The first-order valence-electron chi connectivity index (χ1n) is 7.51. The number of methoxy groups -OCH3 is 3. The predicted octanol–water partition coefficient (Wildman–Crippen LogP) is 1.73. The van der Waals surface area contributed by atoms with Gasteiger partial charge in [-0.15, -0.1) is 0 Å². The van der Waals surface area contributed by atoms with Gasteiger partial charge in [-0.25, -0.2) is 4.98 Å². The van der Waals surface area contributed by atoms with Crippen LogP contribution in [0.1, 0.15) is 5.69 Å². The van der Waals surface area contributed by atoms with E-state index in [2.05, 4.69) is 19.9 Å². The predicted molar refractivity (Wildman–Crippen MR) is 92.8 cm³/mol. The first-order valence-corrected chi connectivity index (χ1v) is 8.83. The molecule has 0 aromatic carbocycles. The van der Waals surface area contributed by atoms with Crippen LogP contribution in [0.25, 0.3) is 11.2 Å². The maximum absolute atomic E-state index is 12.6. The van der Waals surface area contributed by atoms with Crippen LogP contribution < -0.4 is 14.2 Å². The third-order valence-electron chi connectivity index (χ3n) is 3.61. The third-order valence-corrected chi connectivity index (χ3v) is 4.81. The zero-order chi connectivity index (χ0) is 17.8. The van der Waals surface area contributed by atoms with Crippen LogP contribution in [0, 0.1) is 0 Å². The van der Waals surface area contributed by atoms with Gasteiger partial charge < -0.3 is 19.2 Å².